The van der Waals surface area contributed by atoms with E-state index in [0.29, 0.717) is 11.0 Å². The molecule has 0 spiro atoms. The van der Waals surface area contributed by atoms with E-state index in [1.54, 1.807) is 12.4 Å². The van der Waals surface area contributed by atoms with E-state index in [1.807, 2.05) is 6.20 Å². The van der Waals surface area contributed by atoms with Crippen molar-refractivity contribution in [1.29, 1.82) is 0 Å². The van der Waals surface area contributed by atoms with Crippen LogP contribution >= 0.6 is 15.9 Å². The molecule has 2 rings (SSSR count). The summed E-state index contributed by atoms with van der Waals surface area (Å²) in [5.41, 5.74) is 0. The SMILES string of the molecule is CC(C)N1CCN(c2cnccn2)CC1Br. The van der Waals surface area contributed by atoms with Gasteiger partial charge in [-0.15, -0.1) is 0 Å². The van der Waals surface area contributed by atoms with Gasteiger partial charge in [-0.3, -0.25) is 9.88 Å². The number of hydrogen-bond donors (Lipinski definition) is 0. The Morgan fingerprint density at radius 1 is 1.38 bits per heavy atom. The molecule has 0 radical (unpaired) electrons. The summed E-state index contributed by atoms with van der Waals surface area (Å²) in [7, 11) is 0. The Labute approximate surface area is 105 Å². The molecule has 1 aromatic heterocycles. The second kappa shape index (κ2) is 5.10. The van der Waals surface area contributed by atoms with E-state index in [0.717, 1.165) is 25.5 Å². The summed E-state index contributed by atoms with van der Waals surface area (Å²) in [5.74, 6) is 0.968. The van der Waals surface area contributed by atoms with Crippen LogP contribution in [0.25, 0.3) is 0 Å². The number of alkyl halides is 1. The number of piperazine rings is 1. The van der Waals surface area contributed by atoms with Gasteiger partial charge in [0.15, 0.2) is 0 Å². The summed E-state index contributed by atoms with van der Waals surface area (Å²) in [5, 5.41) is 0. The zero-order chi connectivity index (χ0) is 11.5. The van der Waals surface area contributed by atoms with Crippen LogP contribution in [0.1, 0.15) is 13.8 Å². The quantitative estimate of drug-likeness (QED) is 0.612. The van der Waals surface area contributed by atoms with Crippen LogP contribution in [0.3, 0.4) is 0 Å². The van der Waals surface area contributed by atoms with Crippen molar-refractivity contribution >= 4 is 21.7 Å². The highest BCUT2D eigenvalue weighted by Crippen LogP contribution is 2.21. The van der Waals surface area contributed by atoms with E-state index in [4.69, 9.17) is 0 Å². The molecule has 1 atom stereocenters. The van der Waals surface area contributed by atoms with Crippen molar-refractivity contribution in [2.24, 2.45) is 0 Å². The molecular weight excluding hydrogens is 268 g/mol. The molecule has 2 heterocycles. The maximum atomic E-state index is 4.33. The number of hydrogen-bond acceptors (Lipinski definition) is 4. The molecule has 16 heavy (non-hydrogen) atoms. The normalized spacial score (nSPS) is 22.8. The number of anilines is 1. The molecule has 0 aliphatic carbocycles. The fourth-order valence-corrected chi connectivity index (χ4v) is 3.03. The molecule has 1 aliphatic rings. The Balaban J connectivity index is 2.03. The monoisotopic (exact) mass is 284 g/mol. The second-order valence-electron chi connectivity index (χ2n) is 4.28. The van der Waals surface area contributed by atoms with E-state index in [1.165, 1.54) is 0 Å². The molecule has 88 valence electrons. The molecule has 5 heteroatoms. The van der Waals surface area contributed by atoms with Crippen molar-refractivity contribution in [3.8, 4) is 0 Å². The fourth-order valence-electron chi connectivity index (χ4n) is 2.00. The minimum atomic E-state index is 0.392. The van der Waals surface area contributed by atoms with E-state index >= 15 is 0 Å². The highest BCUT2D eigenvalue weighted by atomic mass is 79.9. The number of aromatic nitrogens is 2. The molecule has 0 saturated carbocycles. The summed E-state index contributed by atoms with van der Waals surface area (Å²) >= 11 is 3.73. The van der Waals surface area contributed by atoms with Crippen LogP contribution in [0.5, 0.6) is 0 Å². The number of nitrogens with zero attached hydrogens (tertiary/aromatic N) is 4. The van der Waals surface area contributed by atoms with Gasteiger partial charge in [0, 0.05) is 38.1 Å². The average molecular weight is 285 g/mol. The molecule has 0 aromatic carbocycles. The molecule has 1 aromatic rings. The van der Waals surface area contributed by atoms with Crippen LogP contribution in [0.2, 0.25) is 0 Å². The maximum Gasteiger partial charge on any atom is 0.147 e. The van der Waals surface area contributed by atoms with Gasteiger partial charge in [0.25, 0.3) is 0 Å². The maximum absolute atomic E-state index is 4.33. The van der Waals surface area contributed by atoms with Crippen LogP contribution in [-0.4, -0.2) is 45.5 Å². The van der Waals surface area contributed by atoms with Crippen LogP contribution in [0, 0.1) is 0 Å². The van der Waals surface area contributed by atoms with Crippen molar-refractivity contribution in [2.45, 2.75) is 24.8 Å². The van der Waals surface area contributed by atoms with Crippen LogP contribution in [0.4, 0.5) is 5.82 Å². The molecule has 1 saturated heterocycles. The van der Waals surface area contributed by atoms with E-state index < -0.39 is 0 Å². The van der Waals surface area contributed by atoms with E-state index in [9.17, 15) is 0 Å². The fraction of sp³-hybridized carbons (Fsp3) is 0.636. The smallest absolute Gasteiger partial charge is 0.147 e. The third-order valence-electron chi connectivity index (χ3n) is 2.90. The van der Waals surface area contributed by atoms with Gasteiger partial charge in [-0.25, -0.2) is 4.98 Å². The van der Waals surface area contributed by atoms with Gasteiger partial charge in [-0.05, 0) is 13.8 Å². The first-order chi connectivity index (χ1) is 7.68. The lowest BCUT2D eigenvalue weighted by molar-refractivity contribution is 0.192. The molecule has 1 fully saturated rings. The third kappa shape index (κ3) is 2.52. The largest absolute Gasteiger partial charge is 0.352 e. The van der Waals surface area contributed by atoms with Crippen molar-refractivity contribution in [3.05, 3.63) is 18.6 Å². The Morgan fingerprint density at radius 2 is 2.19 bits per heavy atom. The Bertz CT molecular complexity index is 330. The van der Waals surface area contributed by atoms with Crippen molar-refractivity contribution in [2.75, 3.05) is 24.5 Å². The minimum absolute atomic E-state index is 0.392. The van der Waals surface area contributed by atoms with Crippen LogP contribution in [0.15, 0.2) is 18.6 Å². The van der Waals surface area contributed by atoms with Crippen molar-refractivity contribution < 1.29 is 0 Å². The van der Waals surface area contributed by atoms with E-state index in [2.05, 4.69) is 49.5 Å². The number of halogens is 1. The van der Waals surface area contributed by atoms with Gasteiger partial charge < -0.3 is 4.90 Å². The van der Waals surface area contributed by atoms with Gasteiger partial charge in [0.1, 0.15) is 5.82 Å². The van der Waals surface area contributed by atoms with Crippen LogP contribution < -0.4 is 4.90 Å². The molecule has 0 amide bonds. The molecular formula is C11H17BrN4. The first-order valence-corrected chi connectivity index (χ1v) is 6.51. The van der Waals surface area contributed by atoms with E-state index in [-0.39, 0.29) is 0 Å². The van der Waals surface area contributed by atoms with Crippen molar-refractivity contribution in [3.63, 3.8) is 0 Å². The van der Waals surface area contributed by atoms with Gasteiger partial charge >= 0.3 is 0 Å². The second-order valence-corrected chi connectivity index (χ2v) is 5.33. The minimum Gasteiger partial charge on any atom is -0.352 e. The first-order valence-electron chi connectivity index (χ1n) is 5.59. The number of rotatable bonds is 2. The van der Waals surface area contributed by atoms with Crippen molar-refractivity contribution in [1.82, 2.24) is 14.9 Å². The lowest BCUT2D eigenvalue weighted by Crippen LogP contribution is -2.53. The summed E-state index contributed by atoms with van der Waals surface area (Å²) in [6.07, 6.45) is 5.28. The molecule has 0 N–H and O–H groups in total. The highest BCUT2D eigenvalue weighted by Gasteiger charge is 2.27. The van der Waals surface area contributed by atoms with Gasteiger partial charge in [-0.2, -0.15) is 0 Å². The average Bonchev–Trinajstić information content (AvgIpc) is 2.29. The summed E-state index contributed by atoms with van der Waals surface area (Å²) in [4.78, 5) is 13.5. The lowest BCUT2D eigenvalue weighted by atomic mass is 10.2. The zero-order valence-electron chi connectivity index (χ0n) is 9.67. The molecule has 1 unspecified atom stereocenters. The summed E-state index contributed by atoms with van der Waals surface area (Å²) in [6, 6.07) is 0.577. The van der Waals surface area contributed by atoms with Gasteiger partial charge in [-0.1, -0.05) is 15.9 Å². The lowest BCUT2D eigenvalue weighted by Gasteiger charge is -2.41. The standard InChI is InChI=1S/C11H17BrN4/c1-9(2)16-6-5-15(8-10(16)12)11-7-13-3-4-14-11/h3-4,7,9-10H,5-6,8H2,1-2H3. The highest BCUT2D eigenvalue weighted by molar-refractivity contribution is 9.09. The predicted octanol–water partition coefficient (Wildman–Crippen LogP) is 1.73. The zero-order valence-corrected chi connectivity index (χ0v) is 11.3. The predicted molar refractivity (Wildman–Crippen MR) is 68.8 cm³/mol. The van der Waals surface area contributed by atoms with Crippen LogP contribution in [-0.2, 0) is 0 Å². The first kappa shape index (κ1) is 11.8. The Hall–Kier alpha value is -0.680. The topological polar surface area (TPSA) is 32.3 Å². The van der Waals surface area contributed by atoms with Gasteiger partial charge in [0.05, 0.1) is 11.1 Å². The third-order valence-corrected chi connectivity index (χ3v) is 3.71. The summed E-state index contributed by atoms with van der Waals surface area (Å²) in [6.45, 7) is 7.48. The van der Waals surface area contributed by atoms with Gasteiger partial charge in [0.2, 0.25) is 0 Å². The Morgan fingerprint density at radius 3 is 2.75 bits per heavy atom. The molecule has 0 bridgehead atoms. The molecule has 1 aliphatic heterocycles. The summed E-state index contributed by atoms with van der Waals surface area (Å²) < 4.78 is 0. The Kier molecular flexibility index (Phi) is 3.76. The molecule has 4 nitrogen and oxygen atoms in total.